The van der Waals surface area contributed by atoms with Crippen molar-refractivity contribution in [2.24, 2.45) is 5.41 Å². The Morgan fingerprint density at radius 3 is 3.05 bits per heavy atom. The molecule has 1 aromatic carbocycles. The first-order valence-corrected chi connectivity index (χ1v) is 7.98. The highest BCUT2D eigenvalue weighted by atomic mass is 32.2. The molecule has 6 heteroatoms. The lowest BCUT2D eigenvalue weighted by atomic mass is 9.90. The van der Waals surface area contributed by atoms with E-state index in [1.807, 2.05) is 12.1 Å². The van der Waals surface area contributed by atoms with Crippen LogP contribution in [0.2, 0.25) is 0 Å². The van der Waals surface area contributed by atoms with E-state index in [9.17, 15) is 10.1 Å². The Balaban J connectivity index is 1.97. The highest BCUT2D eigenvalue weighted by Gasteiger charge is 2.69. The number of anilines is 1. The number of para-hydroxylation sites is 2. The number of ether oxygens (including phenoxy) is 2. The van der Waals surface area contributed by atoms with Crippen LogP contribution in [0.5, 0.6) is 5.75 Å². The number of thioether (sulfide) groups is 1. The molecule has 0 saturated carbocycles. The van der Waals surface area contributed by atoms with E-state index in [-0.39, 0.29) is 6.61 Å². The van der Waals surface area contributed by atoms with Gasteiger partial charge in [0.1, 0.15) is 11.2 Å². The number of amides is 1. The van der Waals surface area contributed by atoms with Gasteiger partial charge in [-0.1, -0.05) is 30.0 Å². The van der Waals surface area contributed by atoms with Gasteiger partial charge in [0, 0.05) is 5.75 Å². The van der Waals surface area contributed by atoms with Gasteiger partial charge in [-0.2, -0.15) is 5.26 Å². The van der Waals surface area contributed by atoms with Crippen molar-refractivity contribution in [3.8, 4) is 11.8 Å². The third-order valence-corrected chi connectivity index (χ3v) is 5.71. The first-order valence-electron chi connectivity index (χ1n) is 6.99. The smallest absolute Gasteiger partial charge is 0.418 e. The summed E-state index contributed by atoms with van der Waals surface area (Å²) in [7, 11) is 0. The Bertz CT molecular complexity index is 672. The fourth-order valence-electron chi connectivity index (χ4n) is 2.56. The van der Waals surface area contributed by atoms with Crippen molar-refractivity contribution in [2.45, 2.75) is 18.4 Å². The molecule has 1 saturated heterocycles. The van der Waals surface area contributed by atoms with E-state index in [0.29, 0.717) is 23.6 Å². The van der Waals surface area contributed by atoms with Gasteiger partial charge in [0.05, 0.1) is 18.4 Å². The molecule has 0 bridgehead atoms. The molecule has 0 radical (unpaired) electrons. The Morgan fingerprint density at radius 1 is 1.64 bits per heavy atom. The van der Waals surface area contributed by atoms with Crippen LogP contribution in [0.1, 0.15) is 13.3 Å². The number of rotatable bonds is 3. The summed E-state index contributed by atoms with van der Waals surface area (Å²) in [4.78, 5) is 14.0. The molecule has 0 N–H and O–H groups in total. The highest BCUT2D eigenvalue weighted by molar-refractivity contribution is 8.02. The number of carbonyl (C=O) groups is 1. The predicted molar refractivity (Wildman–Crippen MR) is 84.6 cm³/mol. The van der Waals surface area contributed by atoms with Crippen LogP contribution in [0.3, 0.4) is 0 Å². The molecular weight excluding hydrogens is 300 g/mol. The molecule has 1 spiro atoms. The van der Waals surface area contributed by atoms with E-state index in [1.165, 1.54) is 16.7 Å². The minimum atomic E-state index is -1.04. The zero-order valence-corrected chi connectivity index (χ0v) is 13.1. The number of hydrogen-bond donors (Lipinski definition) is 0. The van der Waals surface area contributed by atoms with Crippen molar-refractivity contribution in [3.05, 3.63) is 36.9 Å². The van der Waals surface area contributed by atoms with Crippen LogP contribution in [0, 0.1) is 16.7 Å². The van der Waals surface area contributed by atoms with Crippen LogP contribution in [-0.4, -0.2) is 23.5 Å². The van der Waals surface area contributed by atoms with Crippen LogP contribution >= 0.6 is 11.8 Å². The Labute approximate surface area is 133 Å². The van der Waals surface area contributed by atoms with Crippen molar-refractivity contribution >= 4 is 23.5 Å². The summed E-state index contributed by atoms with van der Waals surface area (Å²) in [6, 6.07) is 9.55. The summed E-state index contributed by atoms with van der Waals surface area (Å²) in [6.07, 6.45) is 1.77. The topological polar surface area (TPSA) is 62.6 Å². The average molecular weight is 316 g/mol. The summed E-state index contributed by atoms with van der Waals surface area (Å²) in [5.74, 6) is 1.20. The lowest BCUT2D eigenvalue weighted by molar-refractivity contribution is 0.0654. The van der Waals surface area contributed by atoms with Crippen LogP contribution in [0.25, 0.3) is 0 Å². The maximum absolute atomic E-state index is 12.6. The molecule has 2 atom stereocenters. The fraction of sp³-hybridized carbons (Fsp3) is 0.375. The molecule has 0 aliphatic carbocycles. The first-order chi connectivity index (χ1) is 10.6. The zero-order valence-electron chi connectivity index (χ0n) is 12.2. The molecule has 2 heterocycles. The number of hydrogen-bond acceptors (Lipinski definition) is 5. The van der Waals surface area contributed by atoms with E-state index in [0.717, 1.165) is 0 Å². The maximum atomic E-state index is 12.6. The van der Waals surface area contributed by atoms with Gasteiger partial charge in [0.25, 0.3) is 5.06 Å². The van der Waals surface area contributed by atoms with E-state index in [4.69, 9.17) is 9.47 Å². The number of nitriles is 1. The minimum absolute atomic E-state index is 0.255. The third kappa shape index (κ3) is 1.89. The monoisotopic (exact) mass is 316 g/mol. The molecule has 1 amide bonds. The van der Waals surface area contributed by atoms with Crippen LogP contribution in [0.4, 0.5) is 10.5 Å². The van der Waals surface area contributed by atoms with Crippen molar-refractivity contribution in [3.63, 3.8) is 0 Å². The van der Waals surface area contributed by atoms with Crippen LogP contribution in [-0.2, 0) is 4.74 Å². The predicted octanol–water partition coefficient (Wildman–Crippen LogP) is 3.53. The molecule has 1 fully saturated rings. The van der Waals surface area contributed by atoms with Gasteiger partial charge in [-0.05, 0) is 25.5 Å². The van der Waals surface area contributed by atoms with Gasteiger partial charge in [-0.3, -0.25) is 0 Å². The molecule has 5 nitrogen and oxygen atoms in total. The van der Waals surface area contributed by atoms with E-state index >= 15 is 0 Å². The van der Waals surface area contributed by atoms with Crippen LogP contribution < -0.4 is 9.64 Å². The number of nitrogens with zero attached hydrogens (tertiary/aromatic N) is 2. The number of carbonyl (C=O) groups excluding carboxylic acids is 1. The number of fused-ring (bicyclic) bond motifs is 1. The maximum Gasteiger partial charge on any atom is 0.418 e. The summed E-state index contributed by atoms with van der Waals surface area (Å²) in [5.41, 5.74) is -0.145. The summed E-state index contributed by atoms with van der Waals surface area (Å²) >= 11 is 1.44. The standard InChI is InChI=1S/C16H16N2O3S/c1-3-4-9-20-14(19)18-12-7-5-6-8-13(12)21-16(18)15(2,10-17)11-22-16/h3,5-8H,1,4,9,11H2,2H3. The van der Waals surface area contributed by atoms with Crippen molar-refractivity contribution in [1.29, 1.82) is 5.26 Å². The molecule has 114 valence electrons. The lowest BCUT2D eigenvalue weighted by Gasteiger charge is -2.51. The van der Waals surface area contributed by atoms with E-state index < -0.39 is 16.6 Å². The van der Waals surface area contributed by atoms with Gasteiger partial charge < -0.3 is 9.47 Å². The largest absolute Gasteiger partial charge is 0.454 e. The van der Waals surface area contributed by atoms with E-state index in [1.54, 1.807) is 25.1 Å². The Hall–Kier alpha value is -2.13. The SMILES string of the molecule is C=CCCOC(=O)N1c2ccccc2OC12SCC2(C)C#N. The number of benzene rings is 1. The second-order valence-electron chi connectivity index (χ2n) is 5.41. The average Bonchev–Trinajstić information content (AvgIpc) is 2.91. The van der Waals surface area contributed by atoms with Gasteiger partial charge >= 0.3 is 6.09 Å². The highest BCUT2D eigenvalue weighted by Crippen LogP contribution is 2.63. The van der Waals surface area contributed by atoms with E-state index in [2.05, 4.69) is 12.6 Å². The summed E-state index contributed by atoms with van der Waals surface area (Å²) in [6.45, 7) is 5.67. The Morgan fingerprint density at radius 2 is 2.41 bits per heavy atom. The molecular formula is C16H16N2O3S. The summed E-state index contributed by atoms with van der Waals surface area (Å²) < 4.78 is 11.3. The van der Waals surface area contributed by atoms with Crippen molar-refractivity contribution in [1.82, 2.24) is 0 Å². The molecule has 0 aromatic heterocycles. The van der Waals surface area contributed by atoms with Gasteiger partial charge in [-0.25, -0.2) is 9.69 Å². The van der Waals surface area contributed by atoms with Gasteiger partial charge in [0.2, 0.25) is 0 Å². The quantitative estimate of drug-likeness (QED) is 0.630. The molecule has 2 aliphatic rings. The van der Waals surface area contributed by atoms with Gasteiger partial charge in [-0.15, -0.1) is 6.58 Å². The minimum Gasteiger partial charge on any atom is -0.454 e. The van der Waals surface area contributed by atoms with Crippen LogP contribution in [0.15, 0.2) is 36.9 Å². The third-order valence-electron chi connectivity index (χ3n) is 3.88. The fourth-order valence-corrected chi connectivity index (χ4v) is 3.95. The molecule has 1 aromatic rings. The normalized spacial score (nSPS) is 28.3. The first kappa shape index (κ1) is 14.8. The lowest BCUT2D eigenvalue weighted by Crippen LogP contribution is -2.67. The van der Waals surface area contributed by atoms with Crippen molar-refractivity contribution in [2.75, 3.05) is 17.3 Å². The summed E-state index contributed by atoms with van der Waals surface area (Å²) in [5, 5.41) is 8.48. The molecule has 3 rings (SSSR count). The molecule has 22 heavy (non-hydrogen) atoms. The molecule has 2 aliphatic heterocycles. The van der Waals surface area contributed by atoms with Gasteiger partial charge in [0.15, 0.2) is 0 Å². The van der Waals surface area contributed by atoms with Crippen molar-refractivity contribution < 1.29 is 14.3 Å². The second-order valence-corrected chi connectivity index (χ2v) is 6.54. The Kier molecular flexibility index (Phi) is 3.53. The zero-order chi connectivity index (χ0) is 15.8. The molecule has 2 unspecified atom stereocenters. The second kappa shape index (κ2) is 5.25.